The SMILES string of the molecule is CCCCCCCCCCCCC(O)/C=C1/C=CC(=O)O1. The number of esters is 1. The highest BCUT2D eigenvalue weighted by atomic mass is 16.5. The lowest BCUT2D eigenvalue weighted by Crippen LogP contribution is -2.04. The third-order valence-corrected chi connectivity index (χ3v) is 3.81. The minimum atomic E-state index is -0.510. The second-order valence-electron chi connectivity index (χ2n) is 5.86. The highest BCUT2D eigenvalue weighted by Crippen LogP contribution is 2.14. The maximum atomic E-state index is 10.8. The van der Waals surface area contributed by atoms with Crippen molar-refractivity contribution < 1.29 is 14.6 Å². The molecule has 0 saturated carbocycles. The summed E-state index contributed by atoms with van der Waals surface area (Å²) in [6, 6.07) is 0. The molecule has 0 spiro atoms. The molecule has 0 aliphatic carbocycles. The zero-order chi connectivity index (χ0) is 15.3. The number of ether oxygens (including phenoxy) is 1. The van der Waals surface area contributed by atoms with Gasteiger partial charge in [-0.05, 0) is 18.6 Å². The quantitative estimate of drug-likeness (QED) is 0.421. The number of allylic oxidation sites excluding steroid dienone is 1. The Balaban J connectivity index is 1.90. The van der Waals surface area contributed by atoms with Crippen LogP contribution in [0.25, 0.3) is 0 Å². The Morgan fingerprint density at radius 2 is 1.57 bits per heavy atom. The van der Waals surface area contributed by atoms with Crippen molar-refractivity contribution >= 4 is 5.97 Å². The van der Waals surface area contributed by atoms with Crippen LogP contribution in [0.3, 0.4) is 0 Å². The van der Waals surface area contributed by atoms with Gasteiger partial charge in [0, 0.05) is 6.08 Å². The van der Waals surface area contributed by atoms with E-state index in [-0.39, 0.29) is 5.97 Å². The van der Waals surface area contributed by atoms with Gasteiger partial charge >= 0.3 is 5.97 Å². The lowest BCUT2D eigenvalue weighted by atomic mass is 10.0. The van der Waals surface area contributed by atoms with Crippen molar-refractivity contribution in [2.45, 2.75) is 83.7 Å². The first-order valence-electron chi connectivity index (χ1n) is 8.52. The van der Waals surface area contributed by atoms with Gasteiger partial charge in [-0.25, -0.2) is 4.79 Å². The number of hydrogen-bond donors (Lipinski definition) is 1. The van der Waals surface area contributed by atoms with E-state index in [0.29, 0.717) is 5.76 Å². The summed E-state index contributed by atoms with van der Waals surface area (Å²) < 4.78 is 4.88. The molecule has 1 unspecified atom stereocenters. The normalized spacial score (nSPS) is 17.4. The number of carbonyl (C=O) groups excluding carboxylic acids is 1. The molecule has 1 N–H and O–H groups in total. The molecule has 0 fully saturated rings. The average molecular weight is 294 g/mol. The van der Waals surface area contributed by atoms with E-state index in [0.717, 1.165) is 12.8 Å². The number of carbonyl (C=O) groups is 1. The minimum Gasteiger partial charge on any atom is -0.424 e. The molecule has 0 radical (unpaired) electrons. The highest BCUT2D eigenvalue weighted by molar-refractivity contribution is 5.86. The Morgan fingerprint density at radius 1 is 1.00 bits per heavy atom. The third kappa shape index (κ3) is 9.46. The smallest absolute Gasteiger partial charge is 0.336 e. The molecule has 120 valence electrons. The molecule has 3 heteroatoms. The van der Waals surface area contributed by atoms with Crippen LogP contribution >= 0.6 is 0 Å². The Morgan fingerprint density at radius 3 is 2.10 bits per heavy atom. The Hall–Kier alpha value is -1.09. The summed E-state index contributed by atoms with van der Waals surface area (Å²) in [4.78, 5) is 10.8. The molecule has 1 aliphatic rings. The molecule has 0 amide bonds. The van der Waals surface area contributed by atoms with Gasteiger partial charge in [0.1, 0.15) is 5.76 Å². The van der Waals surface area contributed by atoms with Gasteiger partial charge in [0.15, 0.2) is 0 Å². The molecule has 1 rings (SSSR count). The third-order valence-electron chi connectivity index (χ3n) is 3.81. The van der Waals surface area contributed by atoms with Crippen molar-refractivity contribution in [2.75, 3.05) is 0 Å². The number of aliphatic hydroxyl groups is 1. The molecule has 1 atom stereocenters. The minimum absolute atomic E-state index is 0.354. The fraction of sp³-hybridized carbons (Fsp3) is 0.722. The molecule has 0 aromatic carbocycles. The van der Waals surface area contributed by atoms with Crippen LogP contribution in [-0.4, -0.2) is 17.2 Å². The first-order chi connectivity index (χ1) is 10.2. The zero-order valence-electron chi connectivity index (χ0n) is 13.4. The summed E-state index contributed by atoms with van der Waals surface area (Å²) in [5.74, 6) is 0.118. The topological polar surface area (TPSA) is 46.5 Å². The molecule has 21 heavy (non-hydrogen) atoms. The highest BCUT2D eigenvalue weighted by Gasteiger charge is 2.11. The number of hydrogen-bond acceptors (Lipinski definition) is 3. The number of cyclic esters (lactones) is 1. The van der Waals surface area contributed by atoms with Crippen LogP contribution in [0.15, 0.2) is 24.0 Å². The van der Waals surface area contributed by atoms with Crippen LogP contribution in [0.2, 0.25) is 0 Å². The van der Waals surface area contributed by atoms with Crippen molar-refractivity contribution in [3.05, 3.63) is 24.0 Å². The summed E-state index contributed by atoms with van der Waals surface area (Å²) in [5.41, 5.74) is 0. The van der Waals surface area contributed by atoms with Gasteiger partial charge < -0.3 is 9.84 Å². The molecular weight excluding hydrogens is 264 g/mol. The van der Waals surface area contributed by atoms with Gasteiger partial charge in [-0.1, -0.05) is 71.1 Å². The van der Waals surface area contributed by atoms with Crippen molar-refractivity contribution in [3.63, 3.8) is 0 Å². The maximum Gasteiger partial charge on any atom is 0.336 e. The van der Waals surface area contributed by atoms with Crippen LogP contribution in [0.5, 0.6) is 0 Å². The van der Waals surface area contributed by atoms with Crippen LogP contribution in [0.1, 0.15) is 77.6 Å². The van der Waals surface area contributed by atoms with Crippen molar-refractivity contribution in [3.8, 4) is 0 Å². The van der Waals surface area contributed by atoms with Gasteiger partial charge in [0.2, 0.25) is 0 Å². The van der Waals surface area contributed by atoms with E-state index in [4.69, 9.17) is 4.74 Å². The van der Waals surface area contributed by atoms with Gasteiger partial charge in [-0.2, -0.15) is 0 Å². The molecule has 1 heterocycles. The van der Waals surface area contributed by atoms with Crippen molar-refractivity contribution in [1.82, 2.24) is 0 Å². The molecule has 3 nitrogen and oxygen atoms in total. The second-order valence-corrected chi connectivity index (χ2v) is 5.86. The van der Waals surface area contributed by atoms with Crippen LogP contribution in [-0.2, 0) is 9.53 Å². The fourth-order valence-corrected chi connectivity index (χ4v) is 2.54. The summed E-state index contributed by atoms with van der Waals surface area (Å²) in [6.45, 7) is 2.25. The van der Waals surface area contributed by atoms with E-state index in [2.05, 4.69) is 6.92 Å². The molecule has 0 saturated heterocycles. The first kappa shape index (κ1) is 18.0. The Bertz CT molecular complexity index is 344. The van der Waals surface area contributed by atoms with Gasteiger partial charge in [-0.15, -0.1) is 0 Å². The average Bonchev–Trinajstić information content (AvgIpc) is 2.86. The van der Waals surface area contributed by atoms with Crippen molar-refractivity contribution in [1.29, 1.82) is 0 Å². The summed E-state index contributed by atoms with van der Waals surface area (Å²) in [7, 11) is 0. The summed E-state index contributed by atoms with van der Waals surface area (Å²) in [5, 5.41) is 9.82. The fourth-order valence-electron chi connectivity index (χ4n) is 2.54. The van der Waals surface area contributed by atoms with E-state index in [1.807, 2.05) is 0 Å². The predicted octanol–water partition coefficient (Wildman–Crippen LogP) is 4.66. The van der Waals surface area contributed by atoms with Gasteiger partial charge in [0.05, 0.1) is 6.10 Å². The lowest BCUT2D eigenvalue weighted by Gasteiger charge is -2.06. The Kier molecular flexibility index (Phi) is 9.88. The Labute approximate surface area is 129 Å². The van der Waals surface area contributed by atoms with Gasteiger partial charge in [-0.3, -0.25) is 0 Å². The van der Waals surface area contributed by atoms with Crippen LogP contribution in [0, 0.1) is 0 Å². The zero-order valence-corrected chi connectivity index (χ0v) is 13.4. The second kappa shape index (κ2) is 11.6. The molecular formula is C18H30O3. The van der Waals surface area contributed by atoms with E-state index in [9.17, 15) is 9.90 Å². The largest absolute Gasteiger partial charge is 0.424 e. The first-order valence-corrected chi connectivity index (χ1v) is 8.52. The number of unbranched alkanes of at least 4 members (excludes halogenated alkanes) is 9. The monoisotopic (exact) mass is 294 g/mol. The number of aliphatic hydroxyl groups excluding tert-OH is 1. The molecule has 0 aromatic rings. The molecule has 0 bridgehead atoms. The lowest BCUT2D eigenvalue weighted by molar-refractivity contribution is -0.132. The van der Waals surface area contributed by atoms with E-state index in [1.165, 1.54) is 63.9 Å². The van der Waals surface area contributed by atoms with Crippen LogP contribution in [0.4, 0.5) is 0 Å². The standard InChI is InChI=1S/C18H30O3/c1-2-3-4-5-6-7-8-9-10-11-12-16(19)15-17-13-14-18(20)21-17/h13-16,19H,2-12H2,1H3/b17-15-. The maximum absolute atomic E-state index is 10.8. The van der Waals surface area contributed by atoms with E-state index >= 15 is 0 Å². The molecule has 1 aliphatic heterocycles. The van der Waals surface area contributed by atoms with E-state index < -0.39 is 6.10 Å². The van der Waals surface area contributed by atoms with Gasteiger partial charge in [0.25, 0.3) is 0 Å². The molecule has 0 aromatic heterocycles. The predicted molar refractivity (Wildman–Crippen MR) is 85.8 cm³/mol. The summed E-state index contributed by atoms with van der Waals surface area (Å²) in [6.07, 6.45) is 17.8. The summed E-state index contributed by atoms with van der Waals surface area (Å²) >= 11 is 0. The van der Waals surface area contributed by atoms with Crippen LogP contribution < -0.4 is 0 Å². The number of rotatable bonds is 12. The van der Waals surface area contributed by atoms with E-state index in [1.54, 1.807) is 12.2 Å². The van der Waals surface area contributed by atoms with Crippen molar-refractivity contribution in [2.24, 2.45) is 0 Å².